The molecule has 2 heteroatoms. The average Bonchev–Trinajstić information content (AvgIpc) is 2.00. The second kappa shape index (κ2) is 6.72. The first kappa shape index (κ1) is 13.3. The topological polar surface area (TPSA) is 12.0 Å². The van der Waals surface area contributed by atoms with Crippen LogP contribution in [0.15, 0.2) is 0 Å². The molecule has 0 bridgehead atoms. The largest absolute Gasteiger partial charge is 0.315 e. The normalized spacial score (nSPS) is 12.5. The summed E-state index contributed by atoms with van der Waals surface area (Å²) in [7, 11) is 0. The molecule has 0 amide bonds. The minimum Gasteiger partial charge on any atom is -0.315 e. The molecule has 0 saturated heterocycles. The average molecular weight is 203 g/mol. The van der Waals surface area contributed by atoms with Gasteiger partial charge in [0.25, 0.3) is 0 Å². The highest BCUT2D eigenvalue weighted by Gasteiger charge is 2.16. The van der Waals surface area contributed by atoms with E-state index < -0.39 is 0 Å². The molecule has 0 aliphatic rings. The quantitative estimate of drug-likeness (QED) is 0.682. The fraction of sp³-hybridized carbons (Fsp3) is 1.00. The van der Waals surface area contributed by atoms with Crippen LogP contribution < -0.4 is 5.32 Å². The Morgan fingerprint density at radius 1 is 1.23 bits per heavy atom. The SMILES string of the molecule is CSCCC(C)(C)CCNC(C)C. The number of thioether (sulfide) groups is 1. The summed E-state index contributed by atoms with van der Waals surface area (Å²) in [5, 5.41) is 3.47. The lowest BCUT2D eigenvalue weighted by atomic mass is 9.86. The van der Waals surface area contributed by atoms with Gasteiger partial charge in [-0.3, -0.25) is 0 Å². The zero-order chi connectivity index (χ0) is 10.3. The van der Waals surface area contributed by atoms with Gasteiger partial charge in [-0.1, -0.05) is 27.7 Å². The van der Waals surface area contributed by atoms with Gasteiger partial charge >= 0.3 is 0 Å². The van der Waals surface area contributed by atoms with Crippen molar-refractivity contribution >= 4 is 11.8 Å². The molecule has 0 aliphatic carbocycles. The van der Waals surface area contributed by atoms with Crippen molar-refractivity contribution in [3.63, 3.8) is 0 Å². The maximum Gasteiger partial charge on any atom is 0.00103 e. The van der Waals surface area contributed by atoms with Crippen LogP contribution in [0.25, 0.3) is 0 Å². The van der Waals surface area contributed by atoms with Crippen LogP contribution >= 0.6 is 11.8 Å². The summed E-state index contributed by atoms with van der Waals surface area (Å²) in [6.07, 6.45) is 4.79. The standard InChI is InChI=1S/C11H25NS/c1-10(2)12-8-6-11(3,4)7-9-13-5/h10,12H,6-9H2,1-5H3. The Kier molecular flexibility index (Phi) is 6.88. The first-order valence-electron chi connectivity index (χ1n) is 5.20. The summed E-state index contributed by atoms with van der Waals surface area (Å²) in [6, 6.07) is 0.622. The molecule has 0 radical (unpaired) electrons. The van der Waals surface area contributed by atoms with E-state index in [0.717, 1.165) is 6.54 Å². The van der Waals surface area contributed by atoms with Crippen molar-refractivity contribution in [2.24, 2.45) is 5.41 Å². The minimum atomic E-state index is 0.505. The third kappa shape index (κ3) is 8.63. The second-order valence-corrected chi connectivity index (χ2v) is 5.75. The van der Waals surface area contributed by atoms with E-state index in [9.17, 15) is 0 Å². The Balaban J connectivity index is 3.50. The molecule has 0 rings (SSSR count). The van der Waals surface area contributed by atoms with E-state index in [1.807, 2.05) is 11.8 Å². The zero-order valence-electron chi connectivity index (χ0n) is 9.81. The predicted molar refractivity (Wildman–Crippen MR) is 64.5 cm³/mol. The van der Waals surface area contributed by atoms with Gasteiger partial charge in [-0.15, -0.1) is 0 Å². The lowest BCUT2D eigenvalue weighted by Gasteiger charge is -2.24. The Labute approximate surface area is 88.1 Å². The highest BCUT2D eigenvalue weighted by Crippen LogP contribution is 2.25. The number of rotatable bonds is 7. The molecule has 0 aromatic carbocycles. The van der Waals surface area contributed by atoms with Crippen molar-refractivity contribution in [3.8, 4) is 0 Å². The highest BCUT2D eigenvalue weighted by molar-refractivity contribution is 7.98. The second-order valence-electron chi connectivity index (χ2n) is 4.77. The van der Waals surface area contributed by atoms with Gasteiger partial charge in [-0.2, -0.15) is 11.8 Å². The van der Waals surface area contributed by atoms with E-state index >= 15 is 0 Å². The fourth-order valence-corrected chi connectivity index (χ4v) is 1.96. The van der Waals surface area contributed by atoms with E-state index in [-0.39, 0.29) is 0 Å². The maximum atomic E-state index is 3.47. The monoisotopic (exact) mass is 203 g/mol. The van der Waals surface area contributed by atoms with E-state index in [1.165, 1.54) is 18.6 Å². The Morgan fingerprint density at radius 3 is 2.31 bits per heavy atom. The zero-order valence-corrected chi connectivity index (χ0v) is 10.6. The summed E-state index contributed by atoms with van der Waals surface area (Å²) >= 11 is 1.95. The van der Waals surface area contributed by atoms with Gasteiger partial charge < -0.3 is 5.32 Å². The molecule has 0 saturated carbocycles. The first-order valence-corrected chi connectivity index (χ1v) is 6.59. The molecule has 1 N–H and O–H groups in total. The minimum absolute atomic E-state index is 0.505. The Hall–Kier alpha value is 0.310. The third-order valence-corrected chi connectivity index (χ3v) is 2.95. The molecular weight excluding hydrogens is 178 g/mol. The summed E-state index contributed by atoms with van der Waals surface area (Å²) in [5.74, 6) is 1.29. The van der Waals surface area contributed by atoms with Crippen molar-refractivity contribution in [2.45, 2.75) is 46.6 Å². The summed E-state index contributed by atoms with van der Waals surface area (Å²) in [5.41, 5.74) is 0.505. The van der Waals surface area contributed by atoms with Gasteiger partial charge in [-0.05, 0) is 36.8 Å². The van der Waals surface area contributed by atoms with Crippen LogP contribution in [0.2, 0.25) is 0 Å². The van der Waals surface area contributed by atoms with E-state index in [0.29, 0.717) is 11.5 Å². The van der Waals surface area contributed by atoms with Crippen molar-refractivity contribution in [1.29, 1.82) is 0 Å². The van der Waals surface area contributed by atoms with Crippen LogP contribution in [0.5, 0.6) is 0 Å². The third-order valence-electron chi connectivity index (χ3n) is 2.34. The number of hydrogen-bond acceptors (Lipinski definition) is 2. The van der Waals surface area contributed by atoms with Crippen LogP contribution in [0.4, 0.5) is 0 Å². The van der Waals surface area contributed by atoms with E-state index in [1.54, 1.807) is 0 Å². The van der Waals surface area contributed by atoms with Crippen LogP contribution in [0.1, 0.15) is 40.5 Å². The Morgan fingerprint density at radius 2 is 1.85 bits per heavy atom. The fourth-order valence-electron chi connectivity index (χ4n) is 1.20. The lowest BCUT2D eigenvalue weighted by Crippen LogP contribution is -2.28. The highest BCUT2D eigenvalue weighted by atomic mass is 32.2. The maximum absolute atomic E-state index is 3.47. The van der Waals surface area contributed by atoms with Gasteiger partial charge in [0.15, 0.2) is 0 Å². The Bertz CT molecular complexity index is 121. The molecule has 0 aromatic heterocycles. The van der Waals surface area contributed by atoms with Crippen LogP contribution in [0.3, 0.4) is 0 Å². The molecule has 13 heavy (non-hydrogen) atoms. The van der Waals surface area contributed by atoms with Crippen LogP contribution in [-0.2, 0) is 0 Å². The lowest BCUT2D eigenvalue weighted by molar-refractivity contribution is 0.314. The summed E-state index contributed by atoms with van der Waals surface area (Å²) < 4.78 is 0. The molecule has 0 atom stereocenters. The molecule has 0 aliphatic heterocycles. The van der Waals surface area contributed by atoms with Crippen LogP contribution in [0, 0.1) is 5.41 Å². The number of nitrogens with one attached hydrogen (secondary N) is 1. The van der Waals surface area contributed by atoms with E-state index in [4.69, 9.17) is 0 Å². The van der Waals surface area contributed by atoms with Crippen molar-refractivity contribution in [3.05, 3.63) is 0 Å². The van der Waals surface area contributed by atoms with Crippen molar-refractivity contribution in [1.82, 2.24) is 5.32 Å². The predicted octanol–water partition coefficient (Wildman–Crippen LogP) is 3.15. The van der Waals surface area contributed by atoms with Gasteiger partial charge in [0.2, 0.25) is 0 Å². The molecule has 0 aromatic rings. The summed E-state index contributed by atoms with van der Waals surface area (Å²) in [6.45, 7) is 10.3. The molecule has 1 nitrogen and oxygen atoms in total. The van der Waals surface area contributed by atoms with Crippen LogP contribution in [-0.4, -0.2) is 24.6 Å². The molecule has 80 valence electrons. The van der Waals surface area contributed by atoms with Gasteiger partial charge in [-0.25, -0.2) is 0 Å². The first-order chi connectivity index (χ1) is 5.98. The molecule has 0 heterocycles. The molecule has 0 spiro atoms. The van der Waals surface area contributed by atoms with Crippen molar-refractivity contribution < 1.29 is 0 Å². The number of hydrogen-bond donors (Lipinski definition) is 1. The smallest absolute Gasteiger partial charge is 0.00103 e. The van der Waals surface area contributed by atoms with Gasteiger partial charge in [0.05, 0.1) is 0 Å². The molecule has 0 unspecified atom stereocenters. The molecular formula is C11H25NS. The van der Waals surface area contributed by atoms with Gasteiger partial charge in [0.1, 0.15) is 0 Å². The molecule has 0 fully saturated rings. The summed E-state index contributed by atoms with van der Waals surface area (Å²) in [4.78, 5) is 0. The van der Waals surface area contributed by atoms with Crippen molar-refractivity contribution in [2.75, 3.05) is 18.6 Å². The van der Waals surface area contributed by atoms with E-state index in [2.05, 4.69) is 39.3 Å². The van der Waals surface area contributed by atoms with Gasteiger partial charge in [0, 0.05) is 6.04 Å².